The van der Waals surface area contributed by atoms with Gasteiger partial charge in [-0.2, -0.15) is 0 Å². The second-order valence-electron chi connectivity index (χ2n) is 4.22. The maximum absolute atomic E-state index is 11.8. The fourth-order valence-corrected chi connectivity index (χ4v) is 1.70. The highest BCUT2D eigenvalue weighted by atomic mass is 16.6. The molecule has 0 saturated carbocycles. The second-order valence-corrected chi connectivity index (χ2v) is 4.22. The maximum atomic E-state index is 11.8. The van der Waals surface area contributed by atoms with Gasteiger partial charge in [-0.15, -0.1) is 0 Å². The van der Waals surface area contributed by atoms with Crippen LogP contribution in [0.1, 0.15) is 15.9 Å². The van der Waals surface area contributed by atoms with Gasteiger partial charge in [-0.1, -0.05) is 42.5 Å². The summed E-state index contributed by atoms with van der Waals surface area (Å²) in [5.74, 6) is -0.587. The number of carbonyl (C=O) groups is 1. The summed E-state index contributed by atoms with van der Waals surface area (Å²) < 4.78 is 5.04. The van der Waals surface area contributed by atoms with E-state index in [-0.39, 0.29) is 17.9 Å². The summed E-state index contributed by atoms with van der Waals surface area (Å²) in [6.07, 6.45) is 3.55. The van der Waals surface area contributed by atoms with Crippen LogP contribution in [0, 0.1) is 10.1 Å². The SMILES string of the molecule is O=C(OC/C=C/c1ccccc1)c1cccc([N+](=O)[O-])c1. The van der Waals surface area contributed by atoms with Crippen LogP contribution < -0.4 is 0 Å². The number of benzene rings is 2. The number of ether oxygens (including phenoxy) is 1. The molecule has 0 radical (unpaired) electrons. The second kappa shape index (κ2) is 7.00. The van der Waals surface area contributed by atoms with E-state index in [1.165, 1.54) is 24.3 Å². The lowest BCUT2D eigenvalue weighted by atomic mass is 10.2. The molecular weight excluding hydrogens is 270 g/mol. The third kappa shape index (κ3) is 4.28. The van der Waals surface area contributed by atoms with Gasteiger partial charge in [0.2, 0.25) is 0 Å². The first kappa shape index (κ1) is 14.5. The van der Waals surface area contributed by atoms with Crippen molar-refractivity contribution < 1.29 is 14.5 Å². The van der Waals surface area contributed by atoms with E-state index in [1.807, 2.05) is 36.4 Å². The third-order valence-electron chi connectivity index (χ3n) is 2.71. The van der Waals surface area contributed by atoms with Gasteiger partial charge in [0.05, 0.1) is 10.5 Å². The van der Waals surface area contributed by atoms with Gasteiger partial charge in [0.15, 0.2) is 0 Å². The van der Waals surface area contributed by atoms with Crippen molar-refractivity contribution in [1.82, 2.24) is 0 Å². The maximum Gasteiger partial charge on any atom is 0.338 e. The molecule has 0 bridgehead atoms. The quantitative estimate of drug-likeness (QED) is 0.478. The van der Waals surface area contributed by atoms with E-state index >= 15 is 0 Å². The van der Waals surface area contributed by atoms with Gasteiger partial charge in [0.1, 0.15) is 6.61 Å². The van der Waals surface area contributed by atoms with E-state index in [9.17, 15) is 14.9 Å². The Kier molecular flexibility index (Phi) is 4.82. The Hall–Kier alpha value is -2.95. The van der Waals surface area contributed by atoms with E-state index in [0.29, 0.717) is 0 Å². The smallest absolute Gasteiger partial charge is 0.338 e. The van der Waals surface area contributed by atoms with Gasteiger partial charge >= 0.3 is 5.97 Å². The lowest BCUT2D eigenvalue weighted by molar-refractivity contribution is -0.384. The first-order valence-corrected chi connectivity index (χ1v) is 6.30. The first-order valence-electron chi connectivity index (χ1n) is 6.30. The Labute approximate surface area is 121 Å². The number of nitrogens with zero attached hydrogens (tertiary/aromatic N) is 1. The van der Waals surface area contributed by atoms with Crippen LogP contribution in [0.5, 0.6) is 0 Å². The van der Waals surface area contributed by atoms with Crippen molar-refractivity contribution in [1.29, 1.82) is 0 Å². The molecule has 0 heterocycles. The summed E-state index contributed by atoms with van der Waals surface area (Å²) in [6, 6.07) is 15.1. The Morgan fingerprint density at radius 2 is 1.90 bits per heavy atom. The molecule has 0 unspecified atom stereocenters. The minimum atomic E-state index is -0.587. The number of hydrogen-bond donors (Lipinski definition) is 0. The molecule has 0 fully saturated rings. The lowest BCUT2D eigenvalue weighted by Crippen LogP contribution is -2.05. The molecule has 5 nitrogen and oxygen atoms in total. The monoisotopic (exact) mass is 283 g/mol. The molecule has 0 N–H and O–H groups in total. The number of nitro groups is 1. The fourth-order valence-electron chi connectivity index (χ4n) is 1.70. The van der Waals surface area contributed by atoms with Gasteiger partial charge in [0, 0.05) is 12.1 Å². The average molecular weight is 283 g/mol. The van der Waals surface area contributed by atoms with Crippen LogP contribution in [-0.2, 0) is 4.74 Å². The summed E-state index contributed by atoms with van der Waals surface area (Å²) in [5.41, 5.74) is 1.03. The number of non-ortho nitro benzene ring substituents is 1. The van der Waals surface area contributed by atoms with Crippen LogP contribution >= 0.6 is 0 Å². The molecule has 0 atom stereocenters. The van der Waals surface area contributed by atoms with Gasteiger partial charge in [-0.05, 0) is 17.7 Å². The van der Waals surface area contributed by atoms with Crippen LogP contribution in [0.2, 0.25) is 0 Å². The van der Waals surface area contributed by atoms with Crippen LogP contribution in [0.15, 0.2) is 60.7 Å². The highest BCUT2D eigenvalue weighted by Crippen LogP contribution is 2.13. The number of rotatable bonds is 5. The topological polar surface area (TPSA) is 69.4 Å². The summed E-state index contributed by atoms with van der Waals surface area (Å²) in [7, 11) is 0. The molecule has 0 aliphatic carbocycles. The van der Waals surface area contributed by atoms with Gasteiger partial charge in [-0.25, -0.2) is 4.79 Å². The minimum Gasteiger partial charge on any atom is -0.458 e. The largest absolute Gasteiger partial charge is 0.458 e. The lowest BCUT2D eigenvalue weighted by Gasteiger charge is -2.01. The molecule has 2 aromatic rings. The molecule has 2 aromatic carbocycles. The number of hydrogen-bond acceptors (Lipinski definition) is 4. The van der Waals surface area contributed by atoms with Crippen molar-refractivity contribution >= 4 is 17.7 Å². The van der Waals surface area contributed by atoms with E-state index in [4.69, 9.17) is 4.74 Å². The molecule has 0 amide bonds. The van der Waals surface area contributed by atoms with Crippen molar-refractivity contribution in [2.24, 2.45) is 0 Å². The summed E-state index contributed by atoms with van der Waals surface area (Å²) >= 11 is 0. The van der Waals surface area contributed by atoms with Gasteiger partial charge in [0.25, 0.3) is 5.69 Å². The summed E-state index contributed by atoms with van der Waals surface area (Å²) in [5, 5.41) is 10.6. The summed E-state index contributed by atoms with van der Waals surface area (Å²) in [6.45, 7) is 0.108. The number of nitro benzene ring substituents is 1. The standard InChI is InChI=1S/C16H13NO4/c18-16(14-9-4-10-15(12-14)17(19)20)21-11-5-8-13-6-2-1-3-7-13/h1-10,12H,11H2/b8-5+. The molecule has 5 heteroatoms. The Morgan fingerprint density at radius 1 is 1.14 bits per heavy atom. The zero-order chi connectivity index (χ0) is 15.1. The normalized spacial score (nSPS) is 10.5. The average Bonchev–Trinajstić information content (AvgIpc) is 2.52. The molecule has 0 aromatic heterocycles. The predicted octanol–water partition coefficient (Wildman–Crippen LogP) is 3.47. The number of carbonyl (C=O) groups excluding carboxylic acids is 1. The first-order chi connectivity index (χ1) is 10.2. The van der Waals surface area contributed by atoms with Gasteiger partial charge < -0.3 is 4.74 Å². The van der Waals surface area contributed by atoms with Crippen molar-refractivity contribution in [3.63, 3.8) is 0 Å². The van der Waals surface area contributed by atoms with E-state index in [1.54, 1.807) is 6.08 Å². The zero-order valence-electron chi connectivity index (χ0n) is 11.1. The Balaban J connectivity index is 1.92. The Morgan fingerprint density at radius 3 is 2.62 bits per heavy atom. The van der Waals surface area contributed by atoms with Crippen molar-refractivity contribution in [2.45, 2.75) is 0 Å². The molecule has 0 spiro atoms. The van der Waals surface area contributed by atoms with Crippen LogP contribution in [-0.4, -0.2) is 17.5 Å². The van der Waals surface area contributed by atoms with Crippen LogP contribution in [0.3, 0.4) is 0 Å². The third-order valence-corrected chi connectivity index (χ3v) is 2.71. The number of esters is 1. The highest BCUT2D eigenvalue weighted by molar-refractivity contribution is 5.90. The van der Waals surface area contributed by atoms with Crippen molar-refractivity contribution in [3.05, 3.63) is 81.9 Å². The molecule has 2 rings (SSSR count). The zero-order valence-corrected chi connectivity index (χ0v) is 11.1. The molecule has 0 aliphatic rings. The van der Waals surface area contributed by atoms with Crippen LogP contribution in [0.25, 0.3) is 6.08 Å². The molecular formula is C16H13NO4. The van der Waals surface area contributed by atoms with Crippen molar-refractivity contribution in [3.8, 4) is 0 Å². The summed E-state index contributed by atoms with van der Waals surface area (Å²) in [4.78, 5) is 21.8. The van der Waals surface area contributed by atoms with Crippen molar-refractivity contribution in [2.75, 3.05) is 6.61 Å². The molecule has 106 valence electrons. The Bertz CT molecular complexity index is 665. The molecule has 0 aliphatic heterocycles. The highest BCUT2D eigenvalue weighted by Gasteiger charge is 2.11. The van der Waals surface area contributed by atoms with Gasteiger partial charge in [-0.3, -0.25) is 10.1 Å². The van der Waals surface area contributed by atoms with Crippen LogP contribution in [0.4, 0.5) is 5.69 Å². The van der Waals surface area contributed by atoms with E-state index in [2.05, 4.69) is 0 Å². The fraction of sp³-hybridized carbons (Fsp3) is 0.0625. The molecule has 21 heavy (non-hydrogen) atoms. The van der Waals surface area contributed by atoms with E-state index in [0.717, 1.165) is 5.56 Å². The minimum absolute atomic E-state index is 0.108. The predicted molar refractivity (Wildman–Crippen MR) is 78.9 cm³/mol. The van der Waals surface area contributed by atoms with E-state index < -0.39 is 10.9 Å². The molecule has 0 saturated heterocycles.